The molecule has 0 aliphatic rings. The first kappa shape index (κ1) is 11.4. The summed E-state index contributed by atoms with van der Waals surface area (Å²) in [5, 5.41) is 0. The molecule has 0 rings (SSSR count). The zero-order valence-electron chi connectivity index (χ0n) is 2.84. The van der Waals surface area contributed by atoms with Gasteiger partial charge in [-0.05, 0) is 0 Å². The van der Waals surface area contributed by atoms with Gasteiger partial charge < -0.3 is 0 Å². The molecule has 0 aromatic heterocycles. The Bertz CT molecular complexity index is 9.61. The Morgan fingerprint density at radius 2 is 1.40 bits per heavy atom. The van der Waals surface area contributed by atoms with Crippen molar-refractivity contribution >= 4 is 81.5 Å². The van der Waals surface area contributed by atoms with Crippen LogP contribution in [0.2, 0.25) is 0 Å². The maximum absolute atomic E-state index is 3.25. The molecule has 0 aliphatic heterocycles. The third kappa shape index (κ3) is 18.5. The van der Waals surface area contributed by atoms with Gasteiger partial charge in [-0.2, -0.15) is 0 Å². The van der Waals surface area contributed by atoms with Crippen molar-refractivity contribution in [3.05, 3.63) is 0 Å². The number of hydrogen-bond acceptors (Lipinski definition) is 0. The van der Waals surface area contributed by atoms with E-state index in [2.05, 4.69) is 39.3 Å². The zero-order chi connectivity index (χ0) is 4.71. The van der Waals surface area contributed by atoms with Crippen molar-refractivity contribution in [2.24, 2.45) is 0 Å². The van der Waals surface area contributed by atoms with E-state index in [1.54, 1.807) is 0 Å². The SMILES string of the molecule is [Br][Ca][Br].[Li][I]. The summed E-state index contributed by atoms with van der Waals surface area (Å²) in [7, 11) is 6.50. The van der Waals surface area contributed by atoms with Gasteiger partial charge in [0.25, 0.3) is 0 Å². The van der Waals surface area contributed by atoms with Crippen molar-refractivity contribution in [3.63, 3.8) is 0 Å². The molecule has 0 nitrogen and oxygen atoms in total. The van der Waals surface area contributed by atoms with E-state index in [1.807, 2.05) is 14.3 Å². The monoisotopic (exact) mass is 332 g/mol. The van der Waals surface area contributed by atoms with Crippen molar-refractivity contribution in [2.45, 2.75) is 0 Å². The Labute approximate surface area is 79.0 Å². The van der Waals surface area contributed by atoms with Crippen molar-refractivity contribution in [1.82, 2.24) is 0 Å². The molecule has 0 amide bonds. The topological polar surface area (TPSA) is 0 Å². The van der Waals surface area contributed by atoms with Gasteiger partial charge in [0.1, 0.15) is 0 Å². The molecule has 0 aromatic carbocycles. The first-order chi connectivity index (χ1) is 2.41. The van der Waals surface area contributed by atoms with E-state index in [9.17, 15) is 0 Å². The molecule has 0 aliphatic carbocycles. The first-order valence-electron chi connectivity index (χ1n) is 0.912. The molecule has 0 saturated carbocycles. The molecule has 24 valence electrons. The average Bonchev–Trinajstić information content (AvgIpc) is 1.46. The van der Waals surface area contributed by atoms with Gasteiger partial charge in [-0.25, -0.2) is 0 Å². The quantitative estimate of drug-likeness (QED) is 0.468. The third-order valence-electron chi connectivity index (χ3n) is 0. The molecule has 0 aromatic rings. The van der Waals surface area contributed by atoms with Crippen LogP contribution in [0.5, 0.6) is 0 Å². The summed E-state index contributed by atoms with van der Waals surface area (Å²) in [4.78, 5) is 0. The summed E-state index contributed by atoms with van der Waals surface area (Å²) < 4.78 is 0. The van der Waals surface area contributed by atoms with Crippen LogP contribution in [0.4, 0.5) is 0 Å². The fraction of sp³-hybridized carbons (Fsp3) is 0. The Balaban J connectivity index is 0. The van der Waals surface area contributed by atoms with Gasteiger partial charge in [0.2, 0.25) is 0 Å². The van der Waals surface area contributed by atoms with Gasteiger partial charge in [-0.15, -0.1) is 0 Å². The molecule has 0 N–H and O–H groups in total. The van der Waals surface area contributed by atoms with Crippen molar-refractivity contribution < 1.29 is 0 Å². The van der Waals surface area contributed by atoms with Crippen LogP contribution in [0.25, 0.3) is 0 Å². The minimum atomic E-state index is -0.250. The Morgan fingerprint density at radius 3 is 1.40 bits per heavy atom. The van der Waals surface area contributed by atoms with Gasteiger partial charge in [0.05, 0.1) is 0 Å². The molecule has 0 radical (unpaired) electrons. The summed E-state index contributed by atoms with van der Waals surface area (Å²) in [6.07, 6.45) is 0. The van der Waals surface area contributed by atoms with Gasteiger partial charge in [0.15, 0.2) is 0 Å². The van der Waals surface area contributed by atoms with Crippen LogP contribution in [0.15, 0.2) is 0 Å². The fourth-order valence-corrected chi connectivity index (χ4v) is 0. The molecule has 5 heteroatoms. The van der Waals surface area contributed by atoms with Crippen LogP contribution >= 0.6 is 39.3 Å². The van der Waals surface area contributed by atoms with Crippen LogP contribution in [-0.4, -0.2) is 42.2 Å². The molecular weight excluding hydrogens is 334 g/mol. The third-order valence-corrected chi connectivity index (χ3v) is 0. The van der Waals surface area contributed by atoms with E-state index in [0.717, 1.165) is 0 Å². The zero-order valence-corrected chi connectivity index (χ0v) is 10.4. The Hall–Kier alpha value is 3.55. The van der Waals surface area contributed by atoms with Gasteiger partial charge in [-0.1, -0.05) is 0 Å². The van der Waals surface area contributed by atoms with Crippen LogP contribution < -0.4 is 0 Å². The number of rotatable bonds is 0. The van der Waals surface area contributed by atoms with Gasteiger partial charge >= 0.3 is 81.5 Å². The molecule has 0 bridgehead atoms. The Morgan fingerprint density at radius 1 is 1.40 bits per heavy atom. The van der Waals surface area contributed by atoms with Gasteiger partial charge in [-0.3, -0.25) is 0 Å². The van der Waals surface area contributed by atoms with Gasteiger partial charge in [0, 0.05) is 0 Å². The van der Waals surface area contributed by atoms with Crippen LogP contribution in [0, 0.1) is 0 Å². The van der Waals surface area contributed by atoms with E-state index < -0.39 is 0 Å². The van der Waals surface area contributed by atoms with E-state index in [1.165, 1.54) is 0 Å². The first-order valence-corrected chi connectivity index (χ1v) is 14.0. The number of hydrogen-bond donors (Lipinski definition) is 0. The summed E-state index contributed by atoms with van der Waals surface area (Å²) in [5.74, 6) is 0. The normalized spacial score (nSPS) is 3.40. The minimum absolute atomic E-state index is 0.250. The summed E-state index contributed by atoms with van der Waals surface area (Å²) in [5.41, 5.74) is 0. The van der Waals surface area contributed by atoms with Crippen LogP contribution in [-0.2, 0) is 0 Å². The van der Waals surface area contributed by atoms with E-state index in [-0.39, 0.29) is 28.0 Å². The second kappa shape index (κ2) is 15.6. The molecule has 0 spiro atoms. The van der Waals surface area contributed by atoms with E-state index >= 15 is 0 Å². The van der Waals surface area contributed by atoms with Crippen molar-refractivity contribution in [2.75, 3.05) is 0 Å². The predicted octanol–water partition coefficient (Wildman–Crippen LogP) is 1.82. The molecule has 0 saturated heterocycles. The summed E-state index contributed by atoms with van der Waals surface area (Å²) >= 11 is 3.87. The maximum atomic E-state index is 3.25. The van der Waals surface area contributed by atoms with E-state index in [4.69, 9.17) is 0 Å². The molecule has 0 unspecified atom stereocenters. The number of halogens is 3. The molecule has 0 heterocycles. The van der Waals surface area contributed by atoms with Crippen molar-refractivity contribution in [1.29, 1.82) is 0 Å². The fourth-order valence-electron chi connectivity index (χ4n) is 0. The standard InChI is InChI=1S/2BrH.Ca.HI.Li/h2*1H;;1H;/q;;+2;;+1/p-3. The Kier molecular flexibility index (Phi) is 35.5. The van der Waals surface area contributed by atoms with Crippen LogP contribution in [0.3, 0.4) is 0 Å². The van der Waals surface area contributed by atoms with Crippen molar-refractivity contribution in [3.8, 4) is 0 Å². The molecule has 0 fully saturated rings. The second-order valence-electron chi connectivity index (χ2n) is 0.101. The summed E-state index contributed by atoms with van der Waals surface area (Å²) in [6, 6.07) is 0. The second-order valence-corrected chi connectivity index (χ2v) is 11.2. The predicted molar refractivity (Wildman–Crippen MR) is 43.4 cm³/mol. The average molecular weight is 334 g/mol. The molecule has 0 atom stereocenters. The summed E-state index contributed by atoms with van der Waals surface area (Å²) in [6.45, 7) is 0. The molecular formula is Br2CaILi. The van der Waals surface area contributed by atoms with Crippen LogP contribution in [0.1, 0.15) is 0 Å². The van der Waals surface area contributed by atoms with E-state index in [0.29, 0.717) is 0 Å². The molecule has 5 heavy (non-hydrogen) atoms.